The molecule has 0 unspecified atom stereocenters. The van der Waals surface area contributed by atoms with Crippen molar-refractivity contribution in [1.82, 2.24) is 4.98 Å². The third-order valence-electron chi connectivity index (χ3n) is 3.86. The maximum atomic E-state index is 12.1. The first-order chi connectivity index (χ1) is 13.7. The Balaban J connectivity index is 1.94. The lowest BCUT2D eigenvalue weighted by Crippen LogP contribution is -2.27. The van der Waals surface area contributed by atoms with E-state index in [2.05, 4.69) is 10.3 Å². The van der Waals surface area contributed by atoms with Crippen LogP contribution in [0.4, 0.5) is 9.93 Å². The number of hydrogen-bond acceptors (Lipinski definition) is 5. The zero-order chi connectivity index (χ0) is 21.0. The number of rotatable bonds is 5. The Labute approximate surface area is 173 Å². The number of ether oxygens (including phenoxy) is 1. The highest BCUT2D eigenvalue weighted by molar-refractivity contribution is 7.19. The van der Waals surface area contributed by atoms with Crippen LogP contribution in [-0.4, -0.2) is 27.8 Å². The zero-order valence-corrected chi connectivity index (χ0v) is 17.2. The maximum Gasteiger partial charge on any atom is 0.413 e. The third kappa shape index (κ3) is 5.65. The Morgan fingerprint density at radius 3 is 2.34 bits per heavy atom. The SMILES string of the molecule is CC(C)(C)OC(=O)Nc1nc(CC(=O)O)c(-c2cccc(-c3ccccc3)c2)s1. The van der Waals surface area contributed by atoms with Crippen LogP contribution in [0.2, 0.25) is 0 Å². The first kappa shape index (κ1) is 20.5. The molecule has 3 aromatic rings. The summed E-state index contributed by atoms with van der Waals surface area (Å²) in [6.45, 7) is 5.31. The highest BCUT2D eigenvalue weighted by Crippen LogP contribution is 2.35. The second-order valence-corrected chi connectivity index (χ2v) is 8.44. The number of anilines is 1. The summed E-state index contributed by atoms with van der Waals surface area (Å²) < 4.78 is 5.25. The van der Waals surface area contributed by atoms with Crippen LogP contribution in [0.3, 0.4) is 0 Å². The van der Waals surface area contributed by atoms with Crippen LogP contribution in [0.15, 0.2) is 54.6 Å². The van der Waals surface area contributed by atoms with Crippen LogP contribution in [-0.2, 0) is 16.0 Å². The average Bonchev–Trinajstić information content (AvgIpc) is 3.02. The Kier molecular flexibility index (Phi) is 5.98. The maximum absolute atomic E-state index is 12.1. The lowest BCUT2D eigenvalue weighted by atomic mass is 10.0. The molecule has 29 heavy (non-hydrogen) atoms. The smallest absolute Gasteiger partial charge is 0.413 e. The highest BCUT2D eigenvalue weighted by Gasteiger charge is 2.20. The van der Waals surface area contributed by atoms with Crippen LogP contribution in [0.25, 0.3) is 21.6 Å². The standard InChI is InChI=1S/C22H22N2O4S/c1-22(2,3)28-21(27)24-20-23-17(13-18(25)26)19(29-20)16-11-7-10-15(12-16)14-8-5-4-6-9-14/h4-12H,13H2,1-3H3,(H,25,26)(H,23,24,27). The molecule has 0 fully saturated rings. The van der Waals surface area contributed by atoms with E-state index in [1.54, 1.807) is 20.8 Å². The van der Waals surface area contributed by atoms with Gasteiger partial charge in [-0.15, -0.1) is 0 Å². The molecule has 1 amide bonds. The fourth-order valence-electron chi connectivity index (χ4n) is 2.76. The number of aliphatic carboxylic acids is 1. The topological polar surface area (TPSA) is 88.5 Å². The van der Waals surface area contributed by atoms with Gasteiger partial charge in [0.15, 0.2) is 5.13 Å². The molecule has 150 valence electrons. The van der Waals surface area contributed by atoms with Gasteiger partial charge in [-0.3, -0.25) is 10.1 Å². The molecule has 2 aromatic carbocycles. The number of nitrogens with zero attached hydrogens (tertiary/aromatic N) is 1. The van der Waals surface area contributed by atoms with E-state index in [1.165, 1.54) is 11.3 Å². The molecule has 0 aliphatic carbocycles. The minimum atomic E-state index is -0.986. The Morgan fingerprint density at radius 2 is 1.69 bits per heavy atom. The summed E-state index contributed by atoms with van der Waals surface area (Å²) in [4.78, 5) is 28.4. The van der Waals surface area contributed by atoms with Crippen molar-refractivity contribution in [3.8, 4) is 21.6 Å². The molecule has 0 radical (unpaired) electrons. The van der Waals surface area contributed by atoms with Crippen molar-refractivity contribution in [3.05, 3.63) is 60.3 Å². The van der Waals surface area contributed by atoms with Crippen molar-refractivity contribution in [2.45, 2.75) is 32.8 Å². The monoisotopic (exact) mass is 410 g/mol. The molecular weight excluding hydrogens is 388 g/mol. The van der Waals surface area contributed by atoms with Gasteiger partial charge < -0.3 is 9.84 Å². The first-order valence-corrected chi connectivity index (χ1v) is 9.90. The van der Waals surface area contributed by atoms with Gasteiger partial charge in [-0.05, 0) is 43.5 Å². The first-order valence-electron chi connectivity index (χ1n) is 9.08. The quantitative estimate of drug-likeness (QED) is 0.584. The lowest BCUT2D eigenvalue weighted by molar-refractivity contribution is -0.136. The minimum absolute atomic E-state index is 0.239. The van der Waals surface area contributed by atoms with Crippen LogP contribution in [0.5, 0.6) is 0 Å². The summed E-state index contributed by atoms with van der Waals surface area (Å²) in [6.07, 6.45) is -0.866. The van der Waals surface area contributed by atoms with Gasteiger partial charge in [0.05, 0.1) is 17.0 Å². The summed E-state index contributed by atoms with van der Waals surface area (Å²) in [5.74, 6) is -0.986. The summed E-state index contributed by atoms with van der Waals surface area (Å²) in [5.41, 5.74) is 2.68. The number of benzene rings is 2. The summed E-state index contributed by atoms with van der Waals surface area (Å²) >= 11 is 1.23. The largest absolute Gasteiger partial charge is 0.481 e. The Hall–Kier alpha value is -3.19. The number of carbonyl (C=O) groups is 2. The molecule has 1 aromatic heterocycles. The summed E-state index contributed by atoms with van der Waals surface area (Å²) in [7, 11) is 0. The van der Waals surface area contributed by atoms with Crippen molar-refractivity contribution < 1.29 is 19.4 Å². The van der Waals surface area contributed by atoms with E-state index in [1.807, 2.05) is 54.6 Å². The number of carboxylic acids is 1. The van der Waals surface area contributed by atoms with E-state index in [4.69, 9.17) is 4.74 Å². The zero-order valence-electron chi connectivity index (χ0n) is 16.4. The number of hydrogen-bond donors (Lipinski definition) is 2. The van der Waals surface area contributed by atoms with Crippen LogP contribution in [0.1, 0.15) is 26.5 Å². The molecular formula is C22H22N2O4S. The molecule has 7 heteroatoms. The van der Waals surface area contributed by atoms with Crippen molar-refractivity contribution in [3.63, 3.8) is 0 Å². The van der Waals surface area contributed by atoms with Gasteiger partial charge in [-0.2, -0.15) is 0 Å². The van der Waals surface area contributed by atoms with Gasteiger partial charge >= 0.3 is 12.1 Å². The molecule has 0 saturated carbocycles. The Bertz CT molecular complexity index is 1020. The molecule has 0 aliphatic rings. The van der Waals surface area contributed by atoms with E-state index >= 15 is 0 Å². The fourth-order valence-corrected chi connectivity index (χ4v) is 3.72. The van der Waals surface area contributed by atoms with Gasteiger partial charge in [0, 0.05) is 0 Å². The molecule has 0 bridgehead atoms. The number of aromatic nitrogens is 1. The van der Waals surface area contributed by atoms with Crippen molar-refractivity contribution >= 4 is 28.5 Å². The molecule has 0 aliphatic heterocycles. The number of nitrogens with one attached hydrogen (secondary N) is 1. The molecule has 3 rings (SSSR count). The van der Waals surface area contributed by atoms with Gasteiger partial charge in [0.25, 0.3) is 0 Å². The van der Waals surface area contributed by atoms with E-state index in [0.29, 0.717) is 15.7 Å². The Morgan fingerprint density at radius 1 is 1.03 bits per heavy atom. The van der Waals surface area contributed by atoms with Crippen LogP contribution >= 0.6 is 11.3 Å². The van der Waals surface area contributed by atoms with E-state index < -0.39 is 17.7 Å². The second kappa shape index (κ2) is 8.45. The highest BCUT2D eigenvalue weighted by atomic mass is 32.1. The van der Waals surface area contributed by atoms with Crippen molar-refractivity contribution in [1.29, 1.82) is 0 Å². The molecule has 0 spiro atoms. The third-order valence-corrected chi connectivity index (χ3v) is 4.92. The van der Waals surface area contributed by atoms with Gasteiger partial charge in [-0.25, -0.2) is 9.78 Å². The minimum Gasteiger partial charge on any atom is -0.481 e. The van der Waals surface area contributed by atoms with E-state index in [-0.39, 0.29) is 6.42 Å². The van der Waals surface area contributed by atoms with Crippen LogP contribution < -0.4 is 5.32 Å². The number of carbonyl (C=O) groups excluding carboxylic acids is 1. The molecule has 0 atom stereocenters. The predicted molar refractivity (Wildman–Crippen MR) is 114 cm³/mol. The fraction of sp³-hybridized carbons (Fsp3) is 0.227. The summed E-state index contributed by atoms with van der Waals surface area (Å²) in [5, 5.41) is 12.2. The second-order valence-electron chi connectivity index (χ2n) is 7.44. The van der Waals surface area contributed by atoms with E-state index in [9.17, 15) is 14.7 Å². The predicted octanol–water partition coefficient (Wildman–Crippen LogP) is 5.45. The van der Waals surface area contributed by atoms with Crippen LogP contribution in [0, 0.1) is 0 Å². The lowest BCUT2D eigenvalue weighted by Gasteiger charge is -2.18. The molecule has 0 saturated heterocycles. The number of carboxylic acid groups (broad SMARTS) is 1. The normalized spacial score (nSPS) is 11.1. The summed E-state index contributed by atoms with van der Waals surface area (Å²) in [6, 6.07) is 17.7. The molecule has 1 heterocycles. The number of amides is 1. The van der Waals surface area contributed by atoms with Gasteiger partial charge in [-0.1, -0.05) is 59.9 Å². The average molecular weight is 410 g/mol. The van der Waals surface area contributed by atoms with Gasteiger partial charge in [0.1, 0.15) is 5.60 Å². The van der Waals surface area contributed by atoms with Crippen molar-refractivity contribution in [2.24, 2.45) is 0 Å². The van der Waals surface area contributed by atoms with Crippen molar-refractivity contribution in [2.75, 3.05) is 5.32 Å². The molecule has 6 nitrogen and oxygen atoms in total. The molecule has 2 N–H and O–H groups in total. The van der Waals surface area contributed by atoms with Gasteiger partial charge in [0.2, 0.25) is 0 Å². The number of thiazole rings is 1. The van der Waals surface area contributed by atoms with E-state index in [0.717, 1.165) is 16.7 Å².